The van der Waals surface area contributed by atoms with Crippen molar-refractivity contribution in [1.82, 2.24) is 10.6 Å². The van der Waals surface area contributed by atoms with Crippen LogP contribution in [0.15, 0.2) is 41.8 Å². The molecule has 0 aliphatic rings. The van der Waals surface area contributed by atoms with Crippen LogP contribution in [-0.2, 0) is 11.3 Å². The average Bonchev–Trinajstić information content (AvgIpc) is 3.12. The van der Waals surface area contributed by atoms with E-state index in [1.807, 2.05) is 44.4 Å². The number of alkyl carbamates (subject to hydrolysis) is 1. The summed E-state index contributed by atoms with van der Waals surface area (Å²) in [5, 5.41) is 7.49. The minimum Gasteiger partial charge on any atom is -0.488 e. The number of rotatable bonds is 8. The first kappa shape index (κ1) is 20.8. The monoisotopic (exact) mass is 390 g/mol. The molecule has 0 bridgehead atoms. The molecule has 7 heteroatoms. The van der Waals surface area contributed by atoms with Crippen LogP contribution in [0.25, 0.3) is 0 Å². The van der Waals surface area contributed by atoms with Crippen LogP contribution in [-0.4, -0.2) is 30.7 Å². The molecule has 1 aromatic heterocycles. The maximum atomic E-state index is 12.2. The number of benzene rings is 1. The third-order valence-corrected chi connectivity index (χ3v) is 4.21. The Morgan fingerprint density at radius 3 is 2.56 bits per heavy atom. The zero-order valence-corrected chi connectivity index (χ0v) is 16.7. The summed E-state index contributed by atoms with van der Waals surface area (Å²) in [6, 6.07) is 11.1. The van der Waals surface area contributed by atoms with Crippen LogP contribution in [0.2, 0.25) is 0 Å². The van der Waals surface area contributed by atoms with Crippen LogP contribution in [0, 0.1) is 0 Å². The number of nitrogens with one attached hydrogen (secondary N) is 2. The van der Waals surface area contributed by atoms with Crippen molar-refractivity contribution < 1.29 is 19.1 Å². The first-order chi connectivity index (χ1) is 12.8. The van der Waals surface area contributed by atoms with Crippen LogP contribution >= 0.6 is 11.3 Å². The highest BCUT2D eigenvalue weighted by Crippen LogP contribution is 2.17. The molecule has 0 saturated carbocycles. The van der Waals surface area contributed by atoms with Gasteiger partial charge in [-0.2, -0.15) is 0 Å². The molecule has 0 spiro atoms. The quantitative estimate of drug-likeness (QED) is 0.669. The van der Waals surface area contributed by atoms with Crippen LogP contribution in [0.4, 0.5) is 4.79 Å². The van der Waals surface area contributed by atoms with Gasteiger partial charge in [-0.3, -0.25) is 4.79 Å². The molecule has 1 aromatic carbocycles. The second kappa shape index (κ2) is 9.97. The predicted octanol–water partition coefficient (Wildman–Crippen LogP) is 3.97. The first-order valence-corrected chi connectivity index (χ1v) is 9.72. The molecule has 27 heavy (non-hydrogen) atoms. The molecule has 0 aliphatic heterocycles. The molecule has 146 valence electrons. The van der Waals surface area contributed by atoms with E-state index in [-0.39, 0.29) is 5.91 Å². The summed E-state index contributed by atoms with van der Waals surface area (Å²) in [5.41, 5.74) is 0.0216. The molecular formula is C20H26N2O4S. The summed E-state index contributed by atoms with van der Waals surface area (Å²) in [7, 11) is 0. The maximum absolute atomic E-state index is 12.2. The number of hydrogen-bond acceptors (Lipinski definition) is 5. The number of ether oxygens (including phenoxy) is 2. The van der Waals surface area contributed by atoms with Gasteiger partial charge < -0.3 is 20.1 Å². The largest absolute Gasteiger partial charge is 0.488 e. The van der Waals surface area contributed by atoms with Crippen molar-refractivity contribution >= 4 is 23.3 Å². The van der Waals surface area contributed by atoms with Crippen molar-refractivity contribution in [3.63, 3.8) is 0 Å². The van der Waals surface area contributed by atoms with Crippen LogP contribution in [0.1, 0.15) is 42.4 Å². The lowest BCUT2D eigenvalue weighted by molar-refractivity contribution is 0.0527. The molecule has 0 saturated heterocycles. The number of amides is 2. The van der Waals surface area contributed by atoms with Gasteiger partial charge in [0.25, 0.3) is 5.91 Å². The van der Waals surface area contributed by atoms with Gasteiger partial charge in [0.15, 0.2) is 0 Å². The van der Waals surface area contributed by atoms with E-state index in [9.17, 15) is 9.59 Å². The van der Waals surface area contributed by atoms with Crippen molar-refractivity contribution in [2.75, 3.05) is 13.1 Å². The van der Waals surface area contributed by atoms with Gasteiger partial charge >= 0.3 is 6.09 Å². The van der Waals surface area contributed by atoms with Crippen molar-refractivity contribution in [2.45, 2.75) is 39.4 Å². The number of thiophene rings is 1. The minimum atomic E-state index is -0.519. The van der Waals surface area contributed by atoms with Crippen LogP contribution < -0.4 is 15.4 Å². The molecule has 1 heterocycles. The predicted molar refractivity (Wildman–Crippen MR) is 106 cm³/mol. The number of carbonyl (C=O) groups is 2. The smallest absolute Gasteiger partial charge is 0.407 e. The van der Waals surface area contributed by atoms with Gasteiger partial charge in [-0.1, -0.05) is 12.1 Å². The van der Waals surface area contributed by atoms with Crippen LogP contribution in [0.5, 0.6) is 5.75 Å². The maximum Gasteiger partial charge on any atom is 0.407 e. The second-order valence-electron chi connectivity index (χ2n) is 6.93. The SMILES string of the molecule is CC(C)(C)OC(=O)NCCCNC(=O)c1cccc(OCc2cccs2)c1. The highest BCUT2D eigenvalue weighted by Gasteiger charge is 2.15. The van der Waals surface area contributed by atoms with E-state index in [1.54, 1.807) is 29.5 Å². The topological polar surface area (TPSA) is 76.7 Å². The number of carbonyl (C=O) groups excluding carboxylic acids is 2. The Hall–Kier alpha value is -2.54. The summed E-state index contributed by atoms with van der Waals surface area (Å²) >= 11 is 1.63. The summed E-state index contributed by atoms with van der Waals surface area (Å²) in [5.74, 6) is 0.483. The second-order valence-corrected chi connectivity index (χ2v) is 7.97. The third kappa shape index (κ3) is 8.13. The normalized spacial score (nSPS) is 10.9. The lowest BCUT2D eigenvalue weighted by Gasteiger charge is -2.19. The first-order valence-electron chi connectivity index (χ1n) is 8.84. The van der Waals surface area contributed by atoms with E-state index >= 15 is 0 Å². The molecule has 0 fully saturated rings. The third-order valence-electron chi connectivity index (χ3n) is 3.36. The van der Waals surface area contributed by atoms with E-state index in [0.29, 0.717) is 37.4 Å². The molecule has 6 nitrogen and oxygen atoms in total. The molecule has 0 atom stereocenters. The Morgan fingerprint density at radius 1 is 1.07 bits per heavy atom. The van der Waals surface area contributed by atoms with E-state index < -0.39 is 11.7 Å². The van der Waals surface area contributed by atoms with Crippen molar-refractivity contribution in [3.8, 4) is 5.75 Å². The van der Waals surface area contributed by atoms with E-state index in [0.717, 1.165) is 4.88 Å². The molecule has 2 amide bonds. The highest BCUT2D eigenvalue weighted by atomic mass is 32.1. The van der Waals surface area contributed by atoms with Gasteiger partial charge in [-0.15, -0.1) is 11.3 Å². The van der Waals surface area contributed by atoms with Crippen LogP contribution in [0.3, 0.4) is 0 Å². The van der Waals surface area contributed by atoms with Gasteiger partial charge in [0.1, 0.15) is 18.0 Å². The van der Waals surface area contributed by atoms with Gasteiger partial charge in [0.05, 0.1) is 0 Å². The number of hydrogen-bond donors (Lipinski definition) is 2. The summed E-state index contributed by atoms with van der Waals surface area (Å²) in [6.07, 6.45) is 0.156. The van der Waals surface area contributed by atoms with Crippen molar-refractivity contribution in [2.24, 2.45) is 0 Å². The Balaban J connectivity index is 1.69. The molecule has 2 rings (SSSR count). The average molecular weight is 391 g/mol. The van der Waals surface area contributed by atoms with E-state index in [2.05, 4.69) is 10.6 Å². The Labute approximate surface area is 163 Å². The lowest BCUT2D eigenvalue weighted by Crippen LogP contribution is -2.34. The Morgan fingerprint density at radius 2 is 1.85 bits per heavy atom. The zero-order valence-electron chi connectivity index (χ0n) is 15.9. The standard InChI is InChI=1S/C20H26N2O4S/c1-20(2,3)26-19(24)22-11-6-10-21-18(23)15-7-4-8-16(13-15)25-14-17-9-5-12-27-17/h4-5,7-9,12-13H,6,10-11,14H2,1-3H3,(H,21,23)(H,22,24). The summed E-state index contributed by atoms with van der Waals surface area (Å²) in [4.78, 5) is 24.9. The Kier molecular flexibility index (Phi) is 7.67. The summed E-state index contributed by atoms with van der Waals surface area (Å²) < 4.78 is 10.9. The van der Waals surface area contributed by atoms with Gasteiger partial charge in [-0.05, 0) is 56.8 Å². The summed E-state index contributed by atoms with van der Waals surface area (Å²) in [6.45, 7) is 6.80. The van der Waals surface area contributed by atoms with E-state index in [4.69, 9.17) is 9.47 Å². The molecule has 0 unspecified atom stereocenters. The molecule has 2 aromatic rings. The molecule has 0 radical (unpaired) electrons. The van der Waals surface area contributed by atoms with Crippen molar-refractivity contribution in [3.05, 3.63) is 52.2 Å². The lowest BCUT2D eigenvalue weighted by atomic mass is 10.2. The van der Waals surface area contributed by atoms with Crippen molar-refractivity contribution in [1.29, 1.82) is 0 Å². The fourth-order valence-electron chi connectivity index (χ4n) is 2.17. The van der Waals surface area contributed by atoms with Gasteiger partial charge in [-0.25, -0.2) is 4.79 Å². The fourth-order valence-corrected chi connectivity index (χ4v) is 2.79. The molecule has 2 N–H and O–H groups in total. The zero-order chi connectivity index (χ0) is 19.7. The minimum absolute atomic E-state index is 0.172. The highest BCUT2D eigenvalue weighted by molar-refractivity contribution is 7.09. The van der Waals surface area contributed by atoms with E-state index in [1.165, 1.54) is 0 Å². The van der Waals surface area contributed by atoms with Gasteiger partial charge in [0, 0.05) is 23.5 Å². The molecular weight excluding hydrogens is 364 g/mol. The van der Waals surface area contributed by atoms with Gasteiger partial charge in [0.2, 0.25) is 0 Å². The fraction of sp³-hybridized carbons (Fsp3) is 0.400. The molecule has 0 aliphatic carbocycles. The Bertz CT molecular complexity index is 739.